The van der Waals surface area contributed by atoms with E-state index in [1.165, 1.54) is 6.26 Å². The molecule has 0 aromatic rings. The maximum atomic E-state index is 11.9. The number of hydrogen-bond acceptors (Lipinski definition) is 4. The van der Waals surface area contributed by atoms with Crippen molar-refractivity contribution in [2.45, 2.75) is 32.1 Å². The van der Waals surface area contributed by atoms with Gasteiger partial charge in [0.25, 0.3) is 0 Å². The van der Waals surface area contributed by atoms with Crippen molar-refractivity contribution in [2.24, 2.45) is 5.92 Å². The van der Waals surface area contributed by atoms with Crippen molar-refractivity contribution in [1.82, 2.24) is 10.2 Å². The summed E-state index contributed by atoms with van der Waals surface area (Å²) in [7, 11) is -2.98. The molecule has 0 aromatic heterocycles. The molecule has 2 N–H and O–H groups in total. The lowest BCUT2D eigenvalue weighted by Crippen LogP contribution is -2.44. The van der Waals surface area contributed by atoms with Gasteiger partial charge in [0.1, 0.15) is 9.84 Å². The van der Waals surface area contributed by atoms with Gasteiger partial charge >= 0.3 is 12.0 Å². The van der Waals surface area contributed by atoms with Crippen LogP contribution in [-0.2, 0) is 14.6 Å². The van der Waals surface area contributed by atoms with Crippen LogP contribution in [0.3, 0.4) is 0 Å². The minimum atomic E-state index is -2.98. The average molecular weight is 320 g/mol. The number of urea groups is 1. The van der Waals surface area contributed by atoms with E-state index >= 15 is 0 Å². The van der Waals surface area contributed by atoms with E-state index < -0.39 is 15.8 Å². The quantitative estimate of drug-likeness (QED) is 0.672. The van der Waals surface area contributed by atoms with Gasteiger partial charge < -0.3 is 15.3 Å². The van der Waals surface area contributed by atoms with Gasteiger partial charge in [0, 0.05) is 32.3 Å². The lowest BCUT2D eigenvalue weighted by molar-refractivity contribution is -0.137. The fourth-order valence-electron chi connectivity index (χ4n) is 2.39. The van der Waals surface area contributed by atoms with Crippen molar-refractivity contribution in [3.05, 3.63) is 0 Å². The van der Waals surface area contributed by atoms with Crippen molar-refractivity contribution >= 4 is 21.8 Å². The molecule has 7 nitrogen and oxygen atoms in total. The van der Waals surface area contributed by atoms with Gasteiger partial charge in [-0.25, -0.2) is 13.2 Å². The first-order chi connectivity index (χ1) is 9.78. The van der Waals surface area contributed by atoms with Gasteiger partial charge in [-0.2, -0.15) is 0 Å². The Hall–Kier alpha value is -1.31. The summed E-state index contributed by atoms with van der Waals surface area (Å²) in [6.45, 7) is 1.61. The Labute approximate surface area is 125 Å². The summed E-state index contributed by atoms with van der Waals surface area (Å²) in [6, 6.07) is -0.166. The summed E-state index contributed by atoms with van der Waals surface area (Å²) in [6.07, 6.45) is 4.09. The van der Waals surface area contributed by atoms with Gasteiger partial charge in [0.05, 0.1) is 5.75 Å². The molecule has 122 valence electrons. The first-order valence-electron chi connectivity index (χ1n) is 7.20. The molecule has 0 aromatic carbocycles. The zero-order valence-electron chi connectivity index (χ0n) is 12.4. The molecule has 8 heteroatoms. The molecule has 1 aliphatic rings. The second-order valence-electron chi connectivity index (χ2n) is 5.58. The molecule has 1 heterocycles. The highest BCUT2D eigenvalue weighted by Crippen LogP contribution is 2.21. The smallest absolute Gasteiger partial charge is 0.317 e. The fraction of sp³-hybridized carbons (Fsp3) is 0.846. The van der Waals surface area contributed by atoms with Crippen LogP contribution < -0.4 is 5.32 Å². The second-order valence-corrected chi connectivity index (χ2v) is 7.84. The van der Waals surface area contributed by atoms with Crippen LogP contribution in [0.1, 0.15) is 32.1 Å². The molecule has 2 amide bonds. The third-order valence-corrected chi connectivity index (χ3v) is 4.67. The molecule has 1 aliphatic heterocycles. The van der Waals surface area contributed by atoms with E-state index in [0.29, 0.717) is 38.4 Å². The number of carbonyl (C=O) groups is 2. The topological polar surface area (TPSA) is 104 Å². The molecule has 0 saturated carbocycles. The molecular weight excluding hydrogens is 296 g/mol. The number of piperidine rings is 1. The number of amides is 2. The Morgan fingerprint density at radius 3 is 2.43 bits per heavy atom. The number of sulfone groups is 1. The zero-order valence-corrected chi connectivity index (χ0v) is 13.2. The van der Waals surface area contributed by atoms with Crippen molar-refractivity contribution in [3.8, 4) is 0 Å². The minimum absolute atomic E-state index is 0.0740. The highest BCUT2D eigenvalue weighted by Gasteiger charge is 2.22. The number of hydrogen-bond donors (Lipinski definition) is 2. The van der Waals surface area contributed by atoms with Gasteiger partial charge in [-0.15, -0.1) is 0 Å². The van der Waals surface area contributed by atoms with E-state index in [0.717, 1.165) is 12.8 Å². The number of likely N-dealkylation sites (tertiary alicyclic amines) is 1. The number of aliphatic carboxylic acids is 1. The maximum Gasteiger partial charge on any atom is 0.317 e. The Morgan fingerprint density at radius 2 is 1.90 bits per heavy atom. The van der Waals surface area contributed by atoms with Crippen molar-refractivity contribution in [3.63, 3.8) is 0 Å². The summed E-state index contributed by atoms with van der Waals surface area (Å²) < 4.78 is 21.9. The third-order valence-electron chi connectivity index (χ3n) is 3.64. The predicted octanol–water partition coefficient (Wildman–Crippen LogP) is 0.708. The Morgan fingerprint density at radius 1 is 1.29 bits per heavy atom. The Balaban J connectivity index is 2.18. The van der Waals surface area contributed by atoms with Gasteiger partial charge in [-0.3, -0.25) is 4.79 Å². The third kappa shape index (κ3) is 7.89. The SMILES string of the molecule is CS(=O)(=O)CCCNC(=O)N1CCC(CCC(=O)O)CC1. The lowest BCUT2D eigenvalue weighted by Gasteiger charge is -2.31. The highest BCUT2D eigenvalue weighted by molar-refractivity contribution is 7.90. The average Bonchev–Trinajstić information content (AvgIpc) is 2.40. The largest absolute Gasteiger partial charge is 0.481 e. The monoisotopic (exact) mass is 320 g/mol. The number of carboxylic acids is 1. The molecular formula is C13H24N2O5S. The predicted molar refractivity (Wildman–Crippen MR) is 78.9 cm³/mol. The van der Waals surface area contributed by atoms with Crippen molar-refractivity contribution in [2.75, 3.05) is 31.6 Å². The number of nitrogens with one attached hydrogen (secondary N) is 1. The second kappa shape index (κ2) is 8.21. The molecule has 1 saturated heterocycles. The molecule has 0 aliphatic carbocycles. The summed E-state index contributed by atoms with van der Waals surface area (Å²) >= 11 is 0. The number of nitrogens with zero attached hydrogens (tertiary/aromatic N) is 1. The van der Waals surface area contributed by atoms with Gasteiger partial charge in [0.15, 0.2) is 0 Å². The van der Waals surface area contributed by atoms with Crippen LogP contribution in [0.15, 0.2) is 0 Å². The summed E-state index contributed by atoms with van der Waals surface area (Å²) in [5.41, 5.74) is 0. The van der Waals surface area contributed by atoms with E-state index in [-0.39, 0.29) is 18.2 Å². The highest BCUT2D eigenvalue weighted by atomic mass is 32.2. The summed E-state index contributed by atoms with van der Waals surface area (Å²) in [4.78, 5) is 24.1. The van der Waals surface area contributed by atoms with Crippen LogP contribution in [0.4, 0.5) is 4.79 Å². The number of carbonyl (C=O) groups excluding carboxylic acids is 1. The van der Waals surface area contributed by atoms with E-state index in [1.54, 1.807) is 4.90 Å². The van der Waals surface area contributed by atoms with E-state index in [9.17, 15) is 18.0 Å². The summed E-state index contributed by atoms with van der Waals surface area (Å²) in [5.74, 6) is -0.332. The lowest BCUT2D eigenvalue weighted by atomic mass is 9.92. The standard InChI is InChI=1S/C13H24N2O5S/c1-21(19,20)10-2-7-14-13(18)15-8-5-11(6-9-15)3-4-12(16)17/h11H,2-10H2,1H3,(H,14,18)(H,16,17). The van der Waals surface area contributed by atoms with E-state index in [2.05, 4.69) is 5.32 Å². The van der Waals surface area contributed by atoms with Gasteiger partial charge in [-0.05, 0) is 31.6 Å². The van der Waals surface area contributed by atoms with Crippen LogP contribution in [0.5, 0.6) is 0 Å². The summed E-state index contributed by atoms with van der Waals surface area (Å²) in [5, 5.41) is 11.4. The first-order valence-corrected chi connectivity index (χ1v) is 9.26. The van der Waals surface area contributed by atoms with Crippen LogP contribution in [0.2, 0.25) is 0 Å². The van der Waals surface area contributed by atoms with E-state index in [4.69, 9.17) is 5.11 Å². The van der Waals surface area contributed by atoms with Crippen molar-refractivity contribution < 1.29 is 23.1 Å². The van der Waals surface area contributed by atoms with Crippen LogP contribution in [0, 0.1) is 5.92 Å². The maximum absolute atomic E-state index is 11.9. The van der Waals surface area contributed by atoms with Crippen molar-refractivity contribution in [1.29, 1.82) is 0 Å². The van der Waals surface area contributed by atoms with Gasteiger partial charge in [-0.1, -0.05) is 0 Å². The Kier molecular flexibility index (Phi) is 6.94. The zero-order chi connectivity index (χ0) is 15.9. The minimum Gasteiger partial charge on any atom is -0.481 e. The van der Waals surface area contributed by atoms with Crippen LogP contribution >= 0.6 is 0 Å². The van der Waals surface area contributed by atoms with Crippen LogP contribution in [0.25, 0.3) is 0 Å². The first kappa shape index (κ1) is 17.7. The molecule has 1 rings (SSSR count). The number of carboxylic acid groups (broad SMARTS) is 1. The molecule has 0 atom stereocenters. The molecule has 0 spiro atoms. The molecule has 21 heavy (non-hydrogen) atoms. The molecule has 0 radical (unpaired) electrons. The normalized spacial score (nSPS) is 16.7. The molecule has 1 fully saturated rings. The van der Waals surface area contributed by atoms with E-state index in [1.807, 2.05) is 0 Å². The number of rotatable bonds is 7. The van der Waals surface area contributed by atoms with Gasteiger partial charge in [0.2, 0.25) is 0 Å². The molecule has 0 unspecified atom stereocenters. The Bertz CT molecular complexity index is 455. The fourth-order valence-corrected chi connectivity index (χ4v) is 3.06. The van der Waals surface area contributed by atoms with Crippen LogP contribution in [-0.4, -0.2) is 62.1 Å². The molecule has 0 bridgehead atoms.